The van der Waals surface area contributed by atoms with Gasteiger partial charge in [0.1, 0.15) is 0 Å². The maximum absolute atomic E-state index is 13.6. The van der Waals surface area contributed by atoms with Crippen LogP contribution in [0.2, 0.25) is 0 Å². The number of benzene rings is 1. The second kappa shape index (κ2) is 4.70. The summed E-state index contributed by atoms with van der Waals surface area (Å²) in [5, 5.41) is 0. The Kier molecular flexibility index (Phi) is 3.71. The summed E-state index contributed by atoms with van der Waals surface area (Å²) in [6.45, 7) is 7.67. The molecule has 1 aliphatic rings. The van der Waals surface area contributed by atoms with Gasteiger partial charge in [-0.05, 0) is 59.9 Å². The first-order valence-electron chi connectivity index (χ1n) is 6.46. The van der Waals surface area contributed by atoms with Crippen LogP contribution in [0, 0.1) is 0 Å². The van der Waals surface area contributed by atoms with Gasteiger partial charge in [-0.15, -0.1) is 0 Å². The van der Waals surface area contributed by atoms with Crippen molar-refractivity contribution in [2.45, 2.75) is 49.9 Å². The van der Waals surface area contributed by atoms with E-state index < -0.39 is 14.7 Å². The first kappa shape index (κ1) is 15.8. The highest BCUT2D eigenvalue weighted by Gasteiger charge is 2.55. The molecule has 0 aliphatic carbocycles. The lowest BCUT2D eigenvalue weighted by Gasteiger charge is -2.35. The van der Waals surface area contributed by atoms with Crippen LogP contribution >= 0.6 is 19.9 Å². The van der Waals surface area contributed by atoms with Crippen molar-refractivity contribution in [3.05, 3.63) is 34.2 Å². The molecule has 0 saturated heterocycles. The first-order chi connectivity index (χ1) is 9.01. The Bertz CT molecular complexity index is 569. The highest BCUT2D eigenvalue weighted by atomic mass is 35.7. The lowest BCUT2D eigenvalue weighted by Crippen LogP contribution is -2.17. The van der Waals surface area contributed by atoms with Gasteiger partial charge in [0.25, 0.3) is 0 Å². The van der Waals surface area contributed by atoms with Gasteiger partial charge in [-0.3, -0.25) is 0 Å². The van der Waals surface area contributed by atoms with E-state index in [0.717, 1.165) is 5.56 Å². The van der Waals surface area contributed by atoms with Crippen molar-refractivity contribution < 1.29 is 13.2 Å². The van der Waals surface area contributed by atoms with E-state index in [1.54, 1.807) is 25.1 Å². The summed E-state index contributed by atoms with van der Waals surface area (Å²) in [7, 11) is 2.74. The van der Waals surface area contributed by atoms with E-state index in [9.17, 15) is 13.2 Å². The molecule has 1 aromatic carbocycles. The van der Waals surface area contributed by atoms with Crippen molar-refractivity contribution in [2.24, 2.45) is 0 Å². The van der Waals surface area contributed by atoms with Gasteiger partial charge in [0.05, 0.1) is 0 Å². The molecule has 1 aliphatic heterocycles. The Balaban J connectivity index is 2.67. The van der Waals surface area contributed by atoms with Gasteiger partial charge >= 0.3 is 5.51 Å². The Morgan fingerprint density at radius 2 is 1.75 bits per heavy atom. The molecule has 0 saturated carbocycles. The topological polar surface area (TPSA) is 0 Å². The smallest absolute Gasteiger partial charge is 0.160 e. The summed E-state index contributed by atoms with van der Waals surface area (Å²) in [6.07, 6.45) is 1.93. The van der Waals surface area contributed by atoms with Gasteiger partial charge < -0.3 is 0 Å². The molecule has 1 unspecified atom stereocenters. The van der Waals surface area contributed by atoms with E-state index >= 15 is 0 Å². The minimum absolute atomic E-state index is 0.202. The molecule has 0 radical (unpaired) electrons. The highest BCUT2D eigenvalue weighted by molar-refractivity contribution is 8.54. The quantitative estimate of drug-likeness (QED) is 0.547. The number of rotatable bonds is 1. The predicted octanol–water partition coefficient (Wildman–Crippen LogP) is 6.59. The molecule has 5 heteroatoms. The SMILES string of the molecule is CCC1=Cc2ccc(C(C)(C)C)cc2S1(Cl)C(F)(F)F. The fourth-order valence-corrected chi connectivity index (χ4v) is 5.45. The monoisotopic (exact) mass is 322 g/mol. The molecule has 0 fully saturated rings. The van der Waals surface area contributed by atoms with Gasteiger partial charge in [-0.25, -0.2) is 0 Å². The molecule has 1 heterocycles. The Morgan fingerprint density at radius 3 is 2.20 bits per heavy atom. The third-order valence-electron chi connectivity index (χ3n) is 3.53. The van der Waals surface area contributed by atoms with Crippen molar-refractivity contribution in [3.8, 4) is 0 Å². The average Bonchev–Trinajstić information content (AvgIpc) is 2.61. The Labute approximate surface area is 123 Å². The van der Waals surface area contributed by atoms with Crippen LogP contribution in [0.1, 0.15) is 45.2 Å². The summed E-state index contributed by atoms with van der Waals surface area (Å²) in [4.78, 5) is 0.545. The number of hydrogen-bond donors (Lipinski definition) is 0. The maximum atomic E-state index is 13.6. The zero-order valence-corrected chi connectivity index (χ0v) is 13.5. The van der Waals surface area contributed by atoms with Crippen molar-refractivity contribution in [1.29, 1.82) is 0 Å². The first-order valence-corrected chi connectivity index (χ1v) is 8.92. The standard InChI is InChI=1S/C15H18ClF3S/c1-5-12-8-10-6-7-11(14(2,3)4)9-13(10)20(12,16)15(17,18)19/h6-9H,5H2,1-4H3. The molecule has 1 atom stereocenters. The fraction of sp³-hybridized carbons (Fsp3) is 0.467. The van der Waals surface area contributed by atoms with Crippen LogP contribution in [-0.4, -0.2) is 5.51 Å². The van der Waals surface area contributed by atoms with Gasteiger partial charge in [0.2, 0.25) is 0 Å². The van der Waals surface area contributed by atoms with Crippen LogP contribution in [0.5, 0.6) is 0 Å². The summed E-state index contributed by atoms with van der Waals surface area (Å²) >= 11 is 0. The fourth-order valence-electron chi connectivity index (χ4n) is 2.33. The lowest BCUT2D eigenvalue weighted by molar-refractivity contribution is -0.0359. The normalized spacial score (nSPS) is 25.9. The number of halogens is 4. The largest absolute Gasteiger partial charge is 0.445 e. The third-order valence-corrected chi connectivity index (χ3v) is 7.87. The number of alkyl halides is 3. The Hall–Kier alpha value is -0.610. The molecular formula is C15H18ClF3S. The predicted molar refractivity (Wildman–Crippen MR) is 81.2 cm³/mol. The van der Waals surface area contributed by atoms with Crippen LogP contribution in [0.25, 0.3) is 6.08 Å². The van der Waals surface area contributed by atoms with Gasteiger partial charge in [0.15, 0.2) is 0 Å². The van der Waals surface area contributed by atoms with Crippen LogP contribution in [0.15, 0.2) is 28.0 Å². The van der Waals surface area contributed by atoms with E-state index in [2.05, 4.69) is 0 Å². The molecule has 20 heavy (non-hydrogen) atoms. The van der Waals surface area contributed by atoms with Crippen LogP contribution < -0.4 is 0 Å². The van der Waals surface area contributed by atoms with Crippen molar-refractivity contribution >= 4 is 26.0 Å². The molecule has 0 spiro atoms. The molecule has 2 rings (SSSR count). The lowest BCUT2D eigenvalue weighted by atomic mass is 9.86. The summed E-state index contributed by atoms with van der Waals surface area (Å²) < 4.78 is 40.7. The molecule has 0 N–H and O–H groups in total. The van der Waals surface area contributed by atoms with Gasteiger partial charge in [0, 0.05) is 4.90 Å². The molecule has 1 aromatic rings. The van der Waals surface area contributed by atoms with E-state index in [0.29, 0.717) is 16.9 Å². The highest BCUT2D eigenvalue weighted by Crippen LogP contribution is 2.80. The average molecular weight is 323 g/mol. The third kappa shape index (κ3) is 2.27. The van der Waals surface area contributed by atoms with Crippen LogP contribution in [0.3, 0.4) is 0 Å². The van der Waals surface area contributed by atoms with Gasteiger partial charge in [-0.1, -0.05) is 39.8 Å². The van der Waals surface area contributed by atoms with Crippen molar-refractivity contribution in [2.75, 3.05) is 0 Å². The van der Waals surface area contributed by atoms with E-state index in [1.165, 1.54) is 0 Å². The zero-order chi connectivity index (χ0) is 15.3. The van der Waals surface area contributed by atoms with E-state index in [4.69, 9.17) is 10.7 Å². The second-order valence-electron chi connectivity index (χ2n) is 5.95. The molecule has 112 valence electrons. The zero-order valence-electron chi connectivity index (χ0n) is 11.9. The minimum atomic E-state index is -4.42. The van der Waals surface area contributed by atoms with E-state index in [1.807, 2.05) is 26.8 Å². The van der Waals surface area contributed by atoms with Crippen molar-refractivity contribution in [1.82, 2.24) is 0 Å². The van der Waals surface area contributed by atoms with Crippen LogP contribution in [0.4, 0.5) is 13.2 Å². The second-order valence-corrected chi connectivity index (χ2v) is 9.84. The summed E-state index contributed by atoms with van der Waals surface area (Å²) in [6, 6.07) is 5.29. The number of hydrogen-bond acceptors (Lipinski definition) is 0. The number of allylic oxidation sites excluding steroid dienone is 1. The van der Waals surface area contributed by atoms with Crippen molar-refractivity contribution in [3.63, 3.8) is 0 Å². The molecule has 0 nitrogen and oxygen atoms in total. The Morgan fingerprint density at radius 1 is 1.15 bits per heavy atom. The summed E-state index contributed by atoms with van der Waals surface area (Å²) in [5.41, 5.74) is -3.13. The van der Waals surface area contributed by atoms with E-state index in [-0.39, 0.29) is 10.3 Å². The summed E-state index contributed by atoms with van der Waals surface area (Å²) in [5.74, 6) is 0. The molecular weight excluding hydrogens is 305 g/mol. The molecule has 0 aromatic heterocycles. The minimum Gasteiger partial charge on any atom is -0.160 e. The maximum Gasteiger partial charge on any atom is 0.445 e. The molecule has 0 bridgehead atoms. The van der Waals surface area contributed by atoms with Gasteiger partial charge in [-0.2, -0.15) is 13.2 Å². The number of fused-ring (bicyclic) bond motifs is 1. The van der Waals surface area contributed by atoms with Crippen LogP contribution in [-0.2, 0) is 5.41 Å². The molecule has 0 amide bonds.